The first-order chi connectivity index (χ1) is 11.8. The molecule has 0 amide bonds. The molecule has 1 unspecified atom stereocenters. The third kappa shape index (κ3) is 8.67. The molecule has 0 aliphatic carbocycles. The standard InChI is InChI=1S/C18H49NO3Si5/c1-18(27(14,20-2)21-3)26(12,13)22-25(10,11)17-15-16-19(23(4,5)6)24(7,8)9/h18H,15-17H2,1-14H3. The van der Waals surface area contributed by atoms with Gasteiger partial charge in [0.25, 0.3) is 0 Å². The normalized spacial score (nSPS) is 16.1. The van der Waals surface area contributed by atoms with Crippen molar-refractivity contribution in [3.8, 4) is 0 Å². The molecule has 0 aromatic rings. The van der Waals surface area contributed by atoms with Gasteiger partial charge in [-0.25, -0.2) is 0 Å². The van der Waals surface area contributed by atoms with Gasteiger partial charge in [0.1, 0.15) is 16.5 Å². The molecule has 0 aliphatic heterocycles. The maximum atomic E-state index is 6.95. The molecule has 27 heavy (non-hydrogen) atoms. The average molecular weight is 468 g/mol. The van der Waals surface area contributed by atoms with Crippen molar-refractivity contribution in [3.63, 3.8) is 0 Å². The Morgan fingerprint density at radius 1 is 0.741 bits per heavy atom. The number of nitrogens with zero attached hydrogens (tertiary/aromatic N) is 1. The van der Waals surface area contributed by atoms with Crippen LogP contribution >= 0.6 is 0 Å². The van der Waals surface area contributed by atoms with E-state index in [4.69, 9.17) is 13.0 Å². The van der Waals surface area contributed by atoms with Crippen molar-refractivity contribution in [1.82, 2.24) is 4.23 Å². The van der Waals surface area contributed by atoms with Gasteiger partial charge in [0.15, 0.2) is 16.6 Å². The van der Waals surface area contributed by atoms with Crippen LogP contribution in [0.25, 0.3) is 0 Å². The van der Waals surface area contributed by atoms with E-state index in [1.807, 2.05) is 0 Å². The Morgan fingerprint density at radius 2 is 1.15 bits per heavy atom. The van der Waals surface area contributed by atoms with Crippen LogP contribution < -0.4 is 0 Å². The maximum absolute atomic E-state index is 6.95. The summed E-state index contributed by atoms with van der Waals surface area (Å²) in [5, 5.41) is 0.396. The molecule has 0 saturated carbocycles. The highest BCUT2D eigenvalue weighted by Crippen LogP contribution is 2.36. The van der Waals surface area contributed by atoms with Gasteiger partial charge in [-0.1, -0.05) is 46.2 Å². The Morgan fingerprint density at radius 3 is 1.48 bits per heavy atom. The minimum absolute atomic E-state index is 0.396. The highest BCUT2D eigenvalue weighted by atomic mass is 28.5. The molecule has 0 heterocycles. The van der Waals surface area contributed by atoms with Crippen LogP contribution in [0, 0.1) is 0 Å². The first-order valence-electron chi connectivity index (χ1n) is 10.4. The molecule has 9 heteroatoms. The lowest BCUT2D eigenvalue weighted by atomic mass is 10.5. The van der Waals surface area contributed by atoms with Crippen LogP contribution in [0.3, 0.4) is 0 Å². The molecule has 0 bridgehead atoms. The van der Waals surface area contributed by atoms with Crippen LogP contribution in [0.5, 0.6) is 0 Å². The maximum Gasteiger partial charge on any atom is 0.336 e. The van der Waals surface area contributed by atoms with Gasteiger partial charge in [0.05, 0.1) is 0 Å². The second-order valence-corrected chi connectivity index (χ2v) is 34.6. The van der Waals surface area contributed by atoms with E-state index in [0.29, 0.717) is 5.16 Å². The van der Waals surface area contributed by atoms with E-state index in [1.54, 1.807) is 14.2 Å². The molecule has 1 atom stereocenters. The number of hydrogen-bond acceptors (Lipinski definition) is 4. The van der Waals surface area contributed by atoms with Crippen LogP contribution in [-0.4, -0.2) is 66.7 Å². The molecule has 0 N–H and O–H groups in total. The Balaban J connectivity index is 5.03. The zero-order valence-corrected chi connectivity index (χ0v) is 25.9. The van der Waals surface area contributed by atoms with E-state index in [-0.39, 0.29) is 0 Å². The Bertz CT molecular complexity index is 443. The first kappa shape index (κ1) is 27.9. The van der Waals surface area contributed by atoms with E-state index in [9.17, 15) is 0 Å². The van der Waals surface area contributed by atoms with Crippen LogP contribution in [0.1, 0.15) is 13.3 Å². The fraction of sp³-hybridized carbons (Fsp3) is 1.00. The van der Waals surface area contributed by atoms with Crippen molar-refractivity contribution >= 4 is 41.7 Å². The topological polar surface area (TPSA) is 30.9 Å². The van der Waals surface area contributed by atoms with E-state index < -0.39 is 41.7 Å². The SMILES string of the molecule is CO[Si](C)(OC)C(C)[Si](C)(C)O[Si](C)(C)CCCN([Si](C)(C)C)[Si](C)(C)C. The summed E-state index contributed by atoms with van der Waals surface area (Å²) >= 11 is 0. The van der Waals surface area contributed by atoms with Gasteiger partial charge in [0, 0.05) is 19.4 Å². The Kier molecular flexibility index (Phi) is 10.2. The Labute approximate surface area is 176 Å². The first-order valence-corrected chi connectivity index (χ1v) is 25.8. The van der Waals surface area contributed by atoms with Crippen molar-refractivity contribution in [2.45, 2.75) is 96.6 Å². The van der Waals surface area contributed by atoms with Crippen LogP contribution in [0.4, 0.5) is 0 Å². The lowest BCUT2D eigenvalue weighted by Gasteiger charge is -2.45. The monoisotopic (exact) mass is 467 g/mol. The fourth-order valence-corrected chi connectivity index (χ4v) is 29.0. The Hall–Kier alpha value is 0.924. The summed E-state index contributed by atoms with van der Waals surface area (Å²) in [6, 6.07) is 1.24. The fourth-order valence-electron chi connectivity index (χ4n) is 4.26. The molecule has 0 aliphatic rings. The van der Waals surface area contributed by atoms with Crippen molar-refractivity contribution in [2.24, 2.45) is 0 Å². The predicted molar refractivity (Wildman–Crippen MR) is 134 cm³/mol. The molecular weight excluding hydrogens is 419 g/mol. The molecule has 4 nitrogen and oxygen atoms in total. The van der Waals surface area contributed by atoms with Crippen LogP contribution in [-0.2, 0) is 13.0 Å². The third-order valence-electron chi connectivity index (χ3n) is 5.96. The highest BCUT2D eigenvalue weighted by Gasteiger charge is 2.49. The summed E-state index contributed by atoms with van der Waals surface area (Å²) in [7, 11) is -4.73. The molecule has 0 aromatic heterocycles. The minimum atomic E-state index is -2.17. The lowest BCUT2D eigenvalue weighted by molar-refractivity contribution is 0.244. The summed E-state index contributed by atoms with van der Waals surface area (Å²) in [6.07, 6.45) is 1.26. The van der Waals surface area contributed by atoms with Gasteiger partial charge in [0.2, 0.25) is 0 Å². The average Bonchev–Trinajstić information content (AvgIpc) is 2.46. The molecule has 164 valence electrons. The number of hydrogen-bond donors (Lipinski definition) is 0. The van der Waals surface area contributed by atoms with Crippen LogP contribution in [0.2, 0.25) is 83.2 Å². The molecule has 0 radical (unpaired) electrons. The molecule has 0 aromatic carbocycles. The van der Waals surface area contributed by atoms with Gasteiger partial charge < -0.3 is 17.2 Å². The largest absolute Gasteiger partial charge is 0.455 e. The summed E-state index contributed by atoms with van der Waals surface area (Å²) in [4.78, 5) is 0. The quantitative estimate of drug-likeness (QED) is 0.326. The van der Waals surface area contributed by atoms with Gasteiger partial charge in [-0.2, -0.15) is 0 Å². The van der Waals surface area contributed by atoms with E-state index in [0.717, 1.165) is 0 Å². The van der Waals surface area contributed by atoms with Crippen LogP contribution in [0.15, 0.2) is 0 Å². The molecule has 0 fully saturated rings. The van der Waals surface area contributed by atoms with Crippen molar-refractivity contribution in [1.29, 1.82) is 0 Å². The smallest absolute Gasteiger partial charge is 0.336 e. The van der Waals surface area contributed by atoms with Crippen molar-refractivity contribution in [2.75, 3.05) is 20.8 Å². The lowest BCUT2D eigenvalue weighted by Crippen LogP contribution is -2.59. The summed E-state index contributed by atoms with van der Waals surface area (Å²) in [5.41, 5.74) is 0. The summed E-state index contributed by atoms with van der Waals surface area (Å²) in [5.74, 6) is 0. The van der Waals surface area contributed by atoms with E-state index >= 15 is 0 Å². The van der Waals surface area contributed by atoms with Gasteiger partial charge in [-0.3, -0.25) is 0 Å². The van der Waals surface area contributed by atoms with E-state index in [2.05, 4.69) is 83.2 Å². The van der Waals surface area contributed by atoms with E-state index in [1.165, 1.54) is 19.0 Å². The van der Waals surface area contributed by atoms with Crippen molar-refractivity contribution < 1.29 is 13.0 Å². The molecular formula is C18H49NO3Si5. The number of rotatable bonds is 12. The second kappa shape index (κ2) is 9.82. The van der Waals surface area contributed by atoms with Gasteiger partial charge >= 0.3 is 8.56 Å². The molecule has 0 spiro atoms. The zero-order chi connectivity index (χ0) is 21.9. The van der Waals surface area contributed by atoms with Gasteiger partial charge in [-0.05, 0) is 51.7 Å². The summed E-state index contributed by atoms with van der Waals surface area (Å²) in [6.45, 7) is 30.1. The minimum Gasteiger partial charge on any atom is -0.455 e. The predicted octanol–water partition coefficient (Wildman–Crippen LogP) is 6.07. The highest BCUT2D eigenvalue weighted by molar-refractivity contribution is 6.94. The zero-order valence-electron chi connectivity index (χ0n) is 20.9. The second-order valence-electron chi connectivity index (χ2n) is 11.2. The molecule has 0 saturated heterocycles. The third-order valence-corrected chi connectivity index (χ3v) is 28.5. The summed E-state index contributed by atoms with van der Waals surface area (Å²) < 4.78 is 21.5. The molecule has 0 rings (SSSR count). The van der Waals surface area contributed by atoms with Crippen molar-refractivity contribution in [3.05, 3.63) is 0 Å². The van der Waals surface area contributed by atoms with Gasteiger partial charge in [-0.15, -0.1) is 0 Å².